The highest BCUT2D eigenvalue weighted by molar-refractivity contribution is 9.09. The van der Waals surface area contributed by atoms with E-state index in [2.05, 4.69) is 15.9 Å². The zero-order valence-electron chi connectivity index (χ0n) is 5.89. The van der Waals surface area contributed by atoms with E-state index in [-0.39, 0.29) is 0 Å². The predicted molar refractivity (Wildman–Crippen MR) is 43.6 cm³/mol. The van der Waals surface area contributed by atoms with Crippen molar-refractivity contribution in [2.45, 2.75) is 4.83 Å². The normalized spacial score (nSPS) is 12.2. The maximum Gasteiger partial charge on any atom is 0.159 e. The molecule has 0 heterocycles. The quantitative estimate of drug-likeness (QED) is 0.683. The first-order valence-corrected chi connectivity index (χ1v) is 4.05. The molecule has 0 aliphatic carbocycles. The Morgan fingerprint density at radius 2 is 2.00 bits per heavy atom. The van der Waals surface area contributed by atoms with Gasteiger partial charge < -0.3 is 0 Å². The number of benzene rings is 1. The maximum atomic E-state index is 12.6. The Bertz CT molecular complexity index is 332. The summed E-state index contributed by atoms with van der Waals surface area (Å²) in [5.41, 5.74) is 0.413. The van der Waals surface area contributed by atoms with Crippen LogP contribution in [-0.2, 0) is 0 Å². The van der Waals surface area contributed by atoms with Crippen molar-refractivity contribution < 1.29 is 8.78 Å². The second-order valence-corrected chi connectivity index (χ2v) is 3.08. The Labute approximate surface area is 76.8 Å². The van der Waals surface area contributed by atoms with Gasteiger partial charge in [-0.05, 0) is 17.7 Å². The molecule has 0 spiro atoms. The number of halogens is 3. The molecule has 4 heteroatoms. The molecule has 1 aromatic rings. The van der Waals surface area contributed by atoms with Crippen molar-refractivity contribution in [1.82, 2.24) is 0 Å². The van der Waals surface area contributed by atoms with Crippen molar-refractivity contribution in [2.75, 3.05) is 0 Å². The molecule has 0 saturated heterocycles. The zero-order chi connectivity index (χ0) is 9.14. The van der Waals surface area contributed by atoms with E-state index in [1.54, 1.807) is 0 Å². The molecule has 1 rings (SSSR count). The van der Waals surface area contributed by atoms with Crippen LogP contribution in [0.3, 0.4) is 0 Å². The Balaban J connectivity index is 3.06. The Morgan fingerprint density at radius 1 is 1.33 bits per heavy atom. The molecule has 0 radical (unpaired) electrons. The van der Waals surface area contributed by atoms with Gasteiger partial charge in [0.05, 0.1) is 6.07 Å². The lowest BCUT2D eigenvalue weighted by atomic mass is 10.1. The summed E-state index contributed by atoms with van der Waals surface area (Å²) in [6.07, 6.45) is 0. The van der Waals surface area contributed by atoms with Gasteiger partial charge in [0.2, 0.25) is 0 Å². The number of alkyl halides is 1. The standard InChI is InChI=1S/C8H4BrF2N/c9-6(4-12)5-1-2-7(10)8(11)3-5/h1-3,6H. The fourth-order valence-corrected chi connectivity index (χ4v) is 1.03. The Morgan fingerprint density at radius 3 is 2.50 bits per heavy atom. The first-order chi connectivity index (χ1) is 5.65. The van der Waals surface area contributed by atoms with Crippen LogP contribution in [0.25, 0.3) is 0 Å². The average molecular weight is 232 g/mol. The van der Waals surface area contributed by atoms with Crippen LogP contribution in [-0.4, -0.2) is 0 Å². The molecule has 0 bridgehead atoms. The molecule has 0 aliphatic heterocycles. The average Bonchev–Trinajstić information content (AvgIpc) is 2.08. The molecule has 0 N–H and O–H groups in total. The molecule has 0 fully saturated rings. The van der Waals surface area contributed by atoms with Crippen molar-refractivity contribution in [1.29, 1.82) is 5.26 Å². The predicted octanol–water partition coefficient (Wildman–Crippen LogP) is 2.92. The van der Waals surface area contributed by atoms with Gasteiger partial charge in [0.1, 0.15) is 4.83 Å². The number of rotatable bonds is 1. The maximum absolute atomic E-state index is 12.6. The lowest BCUT2D eigenvalue weighted by molar-refractivity contribution is 0.507. The SMILES string of the molecule is N#CC(Br)c1ccc(F)c(F)c1. The molecule has 1 atom stereocenters. The summed E-state index contributed by atoms with van der Waals surface area (Å²) >= 11 is 2.99. The molecule has 1 aromatic carbocycles. The second kappa shape index (κ2) is 3.63. The van der Waals surface area contributed by atoms with Gasteiger partial charge >= 0.3 is 0 Å². The molecule has 0 aromatic heterocycles. The van der Waals surface area contributed by atoms with Gasteiger partial charge in [-0.2, -0.15) is 5.26 Å². The summed E-state index contributed by atoms with van der Waals surface area (Å²) in [5, 5.41) is 8.44. The van der Waals surface area contributed by atoms with Gasteiger partial charge in [-0.25, -0.2) is 8.78 Å². The molecule has 1 nitrogen and oxygen atoms in total. The van der Waals surface area contributed by atoms with Gasteiger partial charge in [0, 0.05) is 0 Å². The van der Waals surface area contributed by atoms with E-state index in [0.717, 1.165) is 12.1 Å². The van der Waals surface area contributed by atoms with E-state index in [1.165, 1.54) is 6.07 Å². The minimum absolute atomic E-state index is 0.413. The topological polar surface area (TPSA) is 23.8 Å². The fraction of sp³-hybridized carbons (Fsp3) is 0.125. The first kappa shape index (κ1) is 9.14. The van der Waals surface area contributed by atoms with Crippen molar-refractivity contribution in [3.05, 3.63) is 35.4 Å². The van der Waals surface area contributed by atoms with Gasteiger partial charge in [-0.15, -0.1) is 0 Å². The van der Waals surface area contributed by atoms with E-state index in [0.29, 0.717) is 5.56 Å². The first-order valence-electron chi connectivity index (χ1n) is 3.14. The lowest BCUT2D eigenvalue weighted by Gasteiger charge is -2.00. The largest absolute Gasteiger partial charge is 0.204 e. The molecular weight excluding hydrogens is 228 g/mol. The van der Waals surface area contributed by atoms with E-state index >= 15 is 0 Å². The monoisotopic (exact) mass is 231 g/mol. The van der Waals surface area contributed by atoms with Crippen LogP contribution < -0.4 is 0 Å². The summed E-state index contributed by atoms with van der Waals surface area (Å²) in [4.78, 5) is -0.590. The van der Waals surface area contributed by atoms with E-state index in [1.807, 2.05) is 6.07 Å². The summed E-state index contributed by atoms with van der Waals surface area (Å²) < 4.78 is 25.0. The number of nitrogens with zero attached hydrogens (tertiary/aromatic N) is 1. The van der Waals surface area contributed by atoms with Crippen LogP contribution >= 0.6 is 15.9 Å². The molecule has 0 aliphatic rings. The van der Waals surface area contributed by atoms with Crippen LogP contribution in [0.5, 0.6) is 0 Å². The summed E-state index contributed by atoms with van der Waals surface area (Å²) in [6.45, 7) is 0. The minimum Gasteiger partial charge on any atom is -0.204 e. The van der Waals surface area contributed by atoms with Gasteiger partial charge in [-0.1, -0.05) is 22.0 Å². The van der Waals surface area contributed by atoms with Crippen molar-refractivity contribution in [3.8, 4) is 6.07 Å². The van der Waals surface area contributed by atoms with Gasteiger partial charge in [-0.3, -0.25) is 0 Å². The van der Waals surface area contributed by atoms with Crippen LogP contribution in [0.2, 0.25) is 0 Å². The Kier molecular flexibility index (Phi) is 2.77. The lowest BCUT2D eigenvalue weighted by Crippen LogP contribution is -1.90. The molecule has 62 valence electrons. The fourth-order valence-electron chi connectivity index (χ4n) is 0.745. The van der Waals surface area contributed by atoms with Crippen molar-refractivity contribution >= 4 is 15.9 Å². The van der Waals surface area contributed by atoms with Crippen LogP contribution in [0.1, 0.15) is 10.4 Å². The molecule has 0 amide bonds. The summed E-state index contributed by atoms with van der Waals surface area (Å²) in [7, 11) is 0. The van der Waals surface area contributed by atoms with Crippen LogP contribution in [0, 0.1) is 23.0 Å². The van der Waals surface area contributed by atoms with Crippen molar-refractivity contribution in [3.63, 3.8) is 0 Å². The zero-order valence-corrected chi connectivity index (χ0v) is 7.48. The third-order valence-electron chi connectivity index (χ3n) is 1.35. The number of hydrogen-bond donors (Lipinski definition) is 0. The highest BCUT2D eigenvalue weighted by atomic mass is 79.9. The highest BCUT2D eigenvalue weighted by Gasteiger charge is 2.08. The van der Waals surface area contributed by atoms with Gasteiger partial charge in [0.25, 0.3) is 0 Å². The third kappa shape index (κ3) is 1.80. The molecule has 12 heavy (non-hydrogen) atoms. The van der Waals surface area contributed by atoms with E-state index < -0.39 is 16.5 Å². The van der Waals surface area contributed by atoms with Crippen LogP contribution in [0.4, 0.5) is 8.78 Å². The third-order valence-corrected chi connectivity index (χ3v) is 2.08. The smallest absolute Gasteiger partial charge is 0.159 e. The van der Waals surface area contributed by atoms with Crippen LogP contribution in [0.15, 0.2) is 18.2 Å². The molecular formula is C8H4BrF2N. The van der Waals surface area contributed by atoms with E-state index in [9.17, 15) is 8.78 Å². The molecule has 1 unspecified atom stereocenters. The Hall–Kier alpha value is -0.950. The highest BCUT2D eigenvalue weighted by Crippen LogP contribution is 2.22. The van der Waals surface area contributed by atoms with Gasteiger partial charge in [0.15, 0.2) is 11.6 Å². The second-order valence-electron chi connectivity index (χ2n) is 2.17. The minimum atomic E-state index is -0.938. The van der Waals surface area contributed by atoms with E-state index in [4.69, 9.17) is 5.26 Å². The van der Waals surface area contributed by atoms with Crippen molar-refractivity contribution in [2.24, 2.45) is 0 Å². The summed E-state index contributed by atoms with van der Waals surface area (Å²) in [6, 6.07) is 5.21. The molecule has 0 saturated carbocycles. The summed E-state index contributed by atoms with van der Waals surface area (Å²) in [5.74, 6) is -1.84. The number of hydrogen-bond acceptors (Lipinski definition) is 1. The number of nitriles is 1.